The lowest BCUT2D eigenvalue weighted by Gasteiger charge is -2.31. The van der Waals surface area contributed by atoms with E-state index in [-0.39, 0.29) is 26.1 Å². The Balaban J connectivity index is 3.07. The number of nitrogens with zero attached hydrogens (tertiary/aromatic N) is 1. The van der Waals surface area contributed by atoms with E-state index in [1.165, 1.54) is 4.90 Å². The van der Waals surface area contributed by atoms with Crippen LogP contribution in [0.25, 0.3) is 0 Å². The van der Waals surface area contributed by atoms with Gasteiger partial charge in [-0.2, -0.15) is 0 Å². The van der Waals surface area contributed by atoms with Gasteiger partial charge in [-0.05, 0) is 45.2 Å². The number of aliphatic hydroxyl groups is 1. The zero-order valence-electron chi connectivity index (χ0n) is 20.7. The van der Waals surface area contributed by atoms with Crippen molar-refractivity contribution >= 4 is 23.9 Å². The highest BCUT2D eigenvalue weighted by Crippen LogP contribution is 2.22. The third kappa shape index (κ3) is 10.2. The molecule has 10 nitrogen and oxygen atoms in total. The number of ether oxygens (including phenoxy) is 2. The first-order valence-corrected chi connectivity index (χ1v) is 11.4. The van der Waals surface area contributed by atoms with Crippen molar-refractivity contribution < 1.29 is 33.8 Å². The lowest BCUT2D eigenvalue weighted by Crippen LogP contribution is -2.49. The van der Waals surface area contributed by atoms with Crippen molar-refractivity contribution in [3.05, 3.63) is 35.4 Å². The summed E-state index contributed by atoms with van der Waals surface area (Å²) >= 11 is 0. The third-order valence-corrected chi connectivity index (χ3v) is 4.64. The Hall–Kier alpha value is -3.14. The Morgan fingerprint density at radius 1 is 1.06 bits per heavy atom. The van der Waals surface area contributed by atoms with E-state index >= 15 is 0 Å². The number of aliphatic hydroxyl groups excluding tert-OH is 1. The van der Waals surface area contributed by atoms with Gasteiger partial charge < -0.3 is 30.1 Å². The van der Waals surface area contributed by atoms with Crippen LogP contribution >= 0.6 is 0 Å². The highest BCUT2D eigenvalue weighted by atomic mass is 16.6. The van der Waals surface area contributed by atoms with Gasteiger partial charge in [0.25, 0.3) is 0 Å². The van der Waals surface area contributed by atoms with Crippen LogP contribution in [0.4, 0.5) is 4.79 Å². The molecule has 1 aromatic carbocycles. The number of carbonyl (C=O) groups excluding carboxylic acids is 4. The summed E-state index contributed by atoms with van der Waals surface area (Å²) in [5.41, 5.74) is 0.849. The average Bonchev–Trinajstić information content (AvgIpc) is 2.76. The minimum atomic E-state index is -1.08. The van der Waals surface area contributed by atoms with Gasteiger partial charge in [-0.1, -0.05) is 31.2 Å². The number of aryl methyl sites for hydroxylation is 1. The number of amides is 3. The zero-order valence-corrected chi connectivity index (χ0v) is 20.7. The maximum absolute atomic E-state index is 13.1. The minimum Gasteiger partial charge on any atom is -0.466 e. The average molecular weight is 480 g/mol. The molecule has 0 aromatic heterocycles. The number of hydrogen-bond acceptors (Lipinski definition) is 7. The van der Waals surface area contributed by atoms with Crippen molar-refractivity contribution in [1.29, 1.82) is 0 Å². The van der Waals surface area contributed by atoms with Crippen LogP contribution in [-0.2, 0) is 30.3 Å². The molecule has 0 saturated carbocycles. The van der Waals surface area contributed by atoms with Crippen LogP contribution in [-0.4, -0.2) is 72.3 Å². The SMILES string of the molecule is CCOC(=O)CCNC(=O)C(c1ccc(CC)cc1)N(CCO)C(=O)CNC(=O)OC(C)(C)C. The summed E-state index contributed by atoms with van der Waals surface area (Å²) in [6.07, 6.45) is 0.0119. The first-order valence-electron chi connectivity index (χ1n) is 11.4. The van der Waals surface area contributed by atoms with Gasteiger partial charge in [-0.25, -0.2) is 4.79 Å². The molecule has 1 atom stereocenters. The van der Waals surface area contributed by atoms with Crippen LogP contribution in [0.2, 0.25) is 0 Å². The number of esters is 1. The van der Waals surface area contributed by atoms with Crippen LogP contribution in [0.3, 0.4) is 0 Å². The normalized spacial score (nSPS) is 11.8. The molecular formula is C24H37N3O7. The molecule has 1 aromatic rings. The molecule has 1 rings (SSSR count). The largest absolute Gasteiger partial charge is 0.466 e. The van der Waals surface area contributed by atoms with Gasteiger partial charge in [0, 0.05) is 13.1 Å². The van der Waals surface area contributed by atoms with Crippen LogP contribution in [0.1, 0.15) is 58.2 Å². The molecule has 0 radical (unpaired) electrons. The number of carbonyl (C=O) groups is 4. The van der Waals surface area contributed by atoms with Gasteiger partial charge in [0.15, 0.2) is 0 Å². The Labute approximate surface area is 201 Å². The van der Waals surface area contributed by atoms with Gasteiger partial charge in [0.2, 0.25) is 11.8 Å². The van der Waals surface area contributed by atoms with Crippen molar-refractivity contribution in [2.24, 2.45) is 0 Å². The summed E-state index contributed by atoms with van der Waals surface area (Å²) in [5, 5.41) is 14.6. The lowest BCUT2D eigenvalue weighted by atomic mass is 10.0. The third-order valence-electron chi connectivity index (χ3n) is 4.64. The second kappa shape index (κ2) is 14.2. The monoisotopic (exact) mass is 479 g/mol. The fourth-order valence-corrected chi connectivity index (χ4v) is 3.10. The standard InChI is InChI=1S/C24H37N3O7/c1-6-17-8-10-18(11-9-17)21(22(31)25-13-12-20(30)33-7-2)27(14-15-28)19(29)16-26-23(32)34-24(3,4)5/h8-11,21,28H,6-7,12-16H2,1-5H3,(H,25,31)(H,26,32). The molecule has 0 fully saturated rings. The molecule has 3 N–H and O–H groups in total. The molecule has 0 heterocycles. The van der Waals surface area contributed by atoms with Gasteiger partial charge in [0.1, 0.15) is 18.2 Å². The van der Waals surface area contributed by atoms with Gasteiger partial charge >= 0.3 is 12.1 Å². The molecule has 1 unspecified atom stereocenters. The number of hydrogen-bond donors (Lipinski definition) is 3. The summed E-state index contributed by atoms with van der Waals surface area (Å²) in [4.78, 5) is 50.9. The van der Waals surface area contributed by atoms with Crippen LogP contribution in [0.15, 0.2) is 24.3 Å². The van der Waals surface area contributed by atoms with Gasteiger partial charge in [-0.3, -0.25) is 14.4 Å². The Morgan fingerprint density at radius 2 is 1.71 bits per heavy atom. The first kappa shape index (κ1) is 28.9. The first-order chi connectivity index (χ1) is 16.0. The van der Waals surface area contributed by atoms with Crippen molar-refractivity contribution in [3.63, 3.8) is 0 Å². The molecular weight excluding hydrogens is 442 g/mol. The maximum Gasteiger partial charge on any atom is 0.408 e. The van der Waals surface area contributed by atoms with Crippen LogP contribution in [0, 0.1) is 0 Å². The fourth-order valence-electron chi connectivity index (χ4n) is 3.10. The van der Waals surface area contributed by atoms with Crippen molar-refractivity contribution in [2.45, 2.75) is 59.1 Å². The van der Waals surface area contributed by atoms with E-state index in [1.807, 2.05) is 19.1 Å². The Morgan fingerprint density at radius 3 is 2.24 bits per heavy atom. The molecule has 0 aliphatic heterocycles. The van der Waals surface area contributed by atoms with Crippen molar-refractivity contribution in [1.82, 2.24) is 15.5 Å². The number of alkyl carbamates (subject to hydrolysis) is 1. The number of nitrogens with one attached hydrogen (secondary N) is 2. The topological polar surface area (TPSA) is 134 Å². The molecule has 0 spiro atoms. The molecule has 0 bridgehead atoms. The van der Waals surface area contributed by atoms with Crippen molar-refractivity contribution in [2.75, 3.05) is 32.8 Å². The van der Waals surface area contributed by atoms with Gasteiger partial charge in [-0.15, -0.1) is 0 Å². The molecule has 10 heteroatoms. The zero-order chi connectivity index (χ0) is 25.7. The highest BCUT2D eigenvalue weighted by Gasteiger charge is 2.31. The second-order valence-corrected chi connectivity index (χ2v) is 8.51. The maximum atomic E-state index is 13.1. The molecule has 3 amide bonds. The van der Waals surface area contributed by atoms with E-state index < -0.39 is 48.7 Å². The Bertz CT molecular complexity index is 819. The van der Waals surface area contributed by atoms with Crippen LogP contribution < -0.4 is 10.6 Å². The molecule has 190 valence electrons. The summed E-state index contributed by atoms with van der Waals surface area (Å²) in [5.74, 6) is -1.55. The molecule has 34 heavy (non-hydrogen) atoms. The van der Waals surface area contributed by atoms with E-state index in [1.54, 1.807) is 39.8 Å². The van der Waals surface area contributed by atoms with E-state index in [0.717, 1.165) is 12.0 Å². The Kier molecular flexibility index (Phi) is 12.1. The second-order valence-electron chi connectivity index (χ2n) is 8.51. The van der Waals surface area contributed by atoms with E-state index in [2.05, 4.69) is 10.6 Å². The van der Waals surface area contributed by atoms with Crippen LogP contribution in [0.5, 0.6) is 0 Å². The minimum absolute atomic E-state index is 0.0186. The fraction of sp³-hybridized carbons (Fsp3) is 0.583. The quantitative estimate of drug-likeness (QED) is 0.389. The highest BCUT2D eigenvalue weighted by molar-refractivity contribution is 5.90. The summed E-state index contributed by atoms with van der Waals surface area (Å²) in [6.45, 7) is 8.10. The number of rotatable bonds is 12. The van der Waals surface area contributed by atoms with Crippen molar-refractivity contribution in [3.8, 4) is 0 Å². The van der Waals surface area contributed by atoms with E-state index in [4.69, 9.17) is 9.47 Å². The predicted molar refractivity (Wildman–Crippen MR) is 126 cm³/mol. The molecule has 0 aliphatic carbocycles. The predicted octanol–water partition coefficient (Wildman–Crippen LogP) is 1.71. The smallest absolute Gasteiger partial charge is 0.408 e. The van der Waals surface area contributed by atoms with E-state index in [0.29, 0.717) is 5.56 Å². The molecule has 0 aliphatic rings. The number of benzene rings is 1. The van der Waals surface area contributed by atoms with E-state index in [9.17, 15) is 24.3 Å². The summed E-state index contributed by atoms with van der Waals surface area (Å²) in [6, 6.07) is 6.12. The summed E-state index contributed by atoms with van der Waals surface area (Å²) in [7, 11) is 0. The molecule has 0 saturated heterocycles. The summed E-state index contributed by atoms with van der Waals surface area (Å²) < 4.78 is 10.0. The lowest BCUT2D eigenvalue weighted by molar-refractivity contribution is -0.143. The van der Waals surface area contributed by atoms with Gasteiger partial charge in [0.05, 0.1) is 19.6 Å².